The van der Waals surface area contributed by atoms with Gasteiger partial charge in [-0.1, -0.05) is 18.9 Å². The second-order valence-electron chi connectivity index (χ2n) is 8.71. The molecule has 1 aromatic rings. The average molecular weight is 545 g/mol. The van der Waals surface area contributed by atoms with Crippen molar-refractivity contribution in [2.24, 2.45) is 10.4 Å². The third kappa shape index (κ3) is 7.75. The Balaban J connectivity index is 0.00000341. The number of nitrogens with zero attached hydrogens (tertiary/aromatic N) is 4. The van der Waals surface area contributed by atoms with Gasteiger partial charge in [-0.15, -0.1) is 24.0 Å². The number of aromatic nitrogens is 1. The van der Waals surface area contributed by atoms with E-state index in [0.29, 0.717) is 5.41 Å². The van der Waals surface area contributed by atoms with Gasteiger partial charge in [0, 0.05) is 71.3 Å². The Bertz CT molecular complexity index is 672. The standard InChI is InChI=1S/C23H40N6O.HI/c1-4-30-17-11-23(9-5-6-10-23)19-27-22(24-2)26-18-20-8-7-12-25-21(20)29-15-13-28(3)14-16-29;/h7-8,12H,4-6,9-11,13-19H2,1-3H3,(H2,24,26,27);1H. The molecule has 176 valence electrons. The zero-order valence-electron chi connectivity index (χ0n) is 19.5. The Labute approximate surface area is 205 Å². The van der Waals surface area contributed by atoms with Crippen molar-refractivity contribution < 1.29 is 4.74 Å². The molecule has 3 rings (SSSR count). The van der Waals surface area contributed by atoms with Gasteiger partial charge in [-0.2, -0.15) is 0 Å². The van der Waals surface area contributed by atoms with Crippen molar-refractivity contribution in [2.45, 2.75) is 45.6 Å². The van der Waals surface area contributed by atoms with Gasteiger partial charge >= 0.3 is 0 Å². The molecule has 0 radical (unpaired) electrons. The molecule has 31 heavy (non-hydrogen) atoms. The first-order chi connectivity index (χ1) is 14.7. The maximum absolute atomic E-state index is 5.65. The summed E-state index contributed by atoms with van der Waals surface area (Å²) in [6.07, 6.45) is 8.22. The summed E-state index contributed by atoms with van der Waals surface area (Å²) in [5, 5.41) is 7.11. The van der Waals surface area contributed by atoms with Crippen LogP contribution in [0.25, 0.3) is 0 Å². The van der Waals surface area contributed by atoms with E-state index in [-0.39, 0.29) is 24.0 Å². The van der Waals surface area contributed by atoms with E-state index in [0.717, 1.165) is 70.7 Å². The van der Waals surface area contributed by atoms with E-state index >= 15 is 0 Å². The quantitative estimate of drug-likeness (QED) is 0.216. The third-order valence-electron chi connectivity index (χ3n) is 6.62. The Morgan fingerprint density at radius 1 is 1.19 bits per heavy atom. The molecule has 2 N–H and O–H groups in total. The molecule has 0 bridgehead atoms. The number of rotatable bonds is 9. The number of guanidine groups is 1. The number of hydrogen-bond acceptors (Lipinski definition) is 5. The van der Waals surface area contributed by atoms with Crippen molar-refractivity contribution in [3.63, 3.8) is 0 Å². The normalized spacial score (nSPS) is 19.2. The average Bonchev–Trinajstić information content (AvgIpc) is 3.24. The number of likely N-dealkylation sites (N-methyl/N-ethyl adjacent to an activating group) is 1. The van der Waals surface area contributed by atoms with Gasteiger partial charge in [0.15, 0.2) is 5.96 Å². The molecule has 1 aliphatic heterocycles. The Kier molecular flexibility index (Phi) is 11.3. The second kappa shape index (κ2) is 13.4. The lowest BCUT2D eigenvalue weighted by molar-refractivity contribution is 0.105. The first kappa shape index (κ1) is 26.1. The van der Waals surface area contributed by atoms with Gasteiger partial charge in [0.1, 0.15) is 5.82 Å². The summed E-state index contributed by atoms with van der Waals surface area (Å²) in [6, 6.07) is 4.19. The molecule has 2 heterocycles. The summed E-state index contributed by atoms with van der Waals surface area (Å²) >= 11 is 0. The van der Waals surface area contributed by atoms with Crippen molar-refractivity contribution in [1.82, 2.24) is 20.5 Å². The molecule has 0 atom stereocenters. The lowest BCUT2D eigenvalue weighted by atomic mass is 9.83. The molecule has 0 aromatic carbocycles. The highest BCUT2D eigenvalue weighted by atomic mass is 127. The molecule has 2 fully saturated rings. The molecular formula is C23H41IN6O. The van der Waals surface area contributed by atoms with Crippen LogP contribution in [-0.2, 0) is 11.3 Å². The van der Waals surface area contributed by atoms with E-state index in [1.54, 1.807) is 0 Å². The largest absolute Gasteiger partial charge is 0.382 e. The summed E-state index contributed by atoms with van der Waals surface area (Å²) < 4.78 is 5.65. The van der Waals surface area contributed by atoms with Crippen molar-refractivity contribution in [2.75, 3.05) is 64.9 Å². The highest BCUT2D eigenvalue weighted by Crippen LogP contribution is 2.40. The van der Waals surface area contributed by atoms with Gasteiger partial charge in [-0.25, -0.2) is 4.98 Å². The predicted molar refractivity (Wildman–Crippen MR) is 140 cm³/mol. The van der Waals surface area contributed by atoms with E-state index in [1.807, 2.05) is 19.3 Å². The summed E-state index contributed by atoms with van der Waals surface area (Å²) in [5.41, 5.74) is 1.56. The van der Waals surface area contributed by atoms with Crippen LogP contribution >= 0.6 is 24.0 Å². The number of halogens is 1. The molecule has 0 unspecified atom stereocenters. The van der Waals surface area contributed by atoms with Gasteiger partial charge in [0.05, 0.1) is 0 Å². The minimum Gasteiger partial charge on any atom is -0.382 e. The third-order valence-corrected chi connectivity index (χ3v) is 6.62. The first-order valence-corrected chi connectivity index (χ1v) is 11.6. The Morgan fingerprint density at radius 3 is 2.61 bits per heavy atom. The minimum atomic E-state index is 0. The topological polar surface area (TPSA) is 65.0 Å². The van der Waals surface area contributed by atoms with Crippen molar-refractivity contribution in [3.05, 3.63) is 23.9 Å². The monoisotopic (exact) mass is 544 g/mol. The zero-order valence-corrected chi connectivity index (χ0v) is 21.9. The van der Waals surface area contributed by atoms with Crippen LogP contribution in [0.5, 0.6) is 0 Å². The van der Waals surface area contributed by atoms with E-state index < -0.39 is 0 Å². The molecule has 0 spiro atoms. The summed E-state index contributed by atoms with van der Waals surface area (Å²) in [6.45, 7) is 9.61. The molecule has 7 nitrogen and oxygen atoms in total. The summed E-state index contributed by atoms with van der Waals surface area (Å²) in [5.74, 6) is 1.96. The first-order valence-electron chi connectivity index (χ1n) is 11.6. The fourth-order valence-corrected chi connectivity index (χ4v) is 4.62. The molecule has 1 saturated heterocycles. The summed E-state index contributed by atoms with van der Waals surface area (Å²) in [4.78, 5) is 13.9. The number of anilines is 1. The van der Waals surface area contributed by atoms with Crippen molar-refractivity contribution >= 4 is 35.8 Å². The molecule has 1 aromatic heterocycles. The van der Waals surface area contributed by atoms with E-state index in [4.69, 9.17) is 4.74 Å². The van der Waals surface area contributed by atoms with Gasteiger partial charge in [0.2, 0.25) is 0 Å². The van der Waals surface area contributed by atoms with Crippen LogP contribution in [0, 0.1) is 5.41 Å². The van der Waals surface area contributed by atoms with Crippen LogP contribution in [-0.4, -0.2) is 75.9 Å². The number of ether oxygens (including phenoxy) is 1. The molecular weight excluding hydrogens is 503 g/mol. The van der Waals surface area contributed by atoms with Crippen LogP contribution in [0.2, 0.25) is 0 Å². The maximum atomic E-state index is 5.65. The number of nitrogens with one attached hydrogen (secondary N) is 2. The minimum absolute atomic E-state index is 0. The van der Waals surface area contributed by atoms with Gasteiger partial charge in [0.25, 0.3) is 0 Å². The molecule has 1 aliphatic carbocycles. The predicted octanol–water partition coefficient (Wildman–Crippen LogP) is 3.10. The van der Waals surface area contributed by atoms with Crippen LogP contribution in [0.1, 0.15) is 44.6 Å². The molecule has 8 heteroatoms. The van der Waals surface area contributed by atoms with Crippen LogP contribution in [0.3, 0.4) is 0 Å². The molecule has 0 amide bonds. The molecule has 2 aliphatic rings. The van der Waals surface area contributed by atoms with E-state index in [2.05, 4.69) is 50.4 Å². The summed E-state index contributed by atoms with van der Waals surface area (Å²) in [7, 11) is 4.03. The van der Waals surface area contributed by atoms with E-state index in [9.17, 15) is 0 Å². The fraction of sp³-hybridized carbons (Fsp3) is 0.739. The highest BCUT2D eigenvalue weighted by molar-refractivity contribution is 14.0. The Morgan fingerprint density at radius 2 is 1.94 bits per heavy atom. The fourth-order valence-electron chi connectivity index (χ4n) is 4.62. The van der Waals surface area contributed by atoms with Crippen molar-refractivity contribution in [1.29, 1.82) is 0 Å². The van der Waals surface area contributed by atoms with E-state index in [1.165, 1.54) is 31.2 Å². The van der Waals surface area contributed by atoms with Gasteiger partial charge < -0.3 is 25.2 Å². The number of piperazine rings is 1. The highest BCUT2D eigenvalue weighted by Gasteiger charge is 2.33. The Hall–Kier alpha value is -1.13. The molecule has 1 saturated carbocycles. The SMILES string of the molecule is CCOCCC1(CNC(=NC)NCc2cccnc2N2CCN(C)CC2)CCCC1.I. The maximum Gasteiger partial charge on any atom is 0.191 e. The van der Waals surface area contributed by atoms with Crippen LogP contribution < -0.4 is 15.5 Å². The van der Waals surface area contributed by atoms with Gasteiger partial charge in [-0.05, 0) is 44.7 Å². The lowest BCUT2D eigenvalue weighted by Crippen LogP contribution is -2.46. The van der Waals surface area contributed by atoms with Gasteiger partial charge in [-0.3, -0.25) is 4.99 Å². The van der Waals surface area contributed by atoms with Crippen LogP contribution in [0.4, 0.5) is 5.82 Å². The number of hydrogen-bond donors (Lipinski definition) is 2. The zero-order chi connectivity index (χ0) is 21.2. The number of pyridine rings is 1. The van der Waals surface area contributed by atoms with Crippen molar-refractivity contribution in [3.8, 4) is 0 Å². The van der Waals surface area contributed by atoms with Crippen LogP contribution in [0.15, 0.2) is 23.3 Å². The lowest BCUT2D eigenvalue weighted by Gasteiger charge is -2.34. The number of aliphatic imine (C=N–C) groups is 1. The smallest absolute Gasteiger partial charge is 0.191 e. The second-order valence-corrected chi connectivity index (χ2v) is 8.71.